The van der Waals surface area contributed by atoms with Crippen molar-refractivity contribution in [3.05, 3.63) is 28.5 Å². The zero-order valence-electron chi connectivity index (χ0n) is 12.4. The maximum Gasteiger partial charge on any atom is 0.254 e. The summed E-state index contributed by atoms with van der Waals surface area (Å²) in [6.45, 7) is 7.16. The molecular weight excluding hydrogens is 290 g/mol. The Morgan fingerprint density at radius 2 is 2.24 bits per heavy atom. The molecule has 5 nitrogen and oxygen atoms in total. The smallest absolute Gasteiger partial charge is 0.254 e. The lowest BCUT2D eigenvalue weighted by atomic mass is 9.90. The van der Waals surface area contributed by atoms with E-state index < -0.39 is 6.10 Å². The summed E-state index contributed by atoms with van der Waals surface area (Å²) in [5.41, 5.74) is 1.07. The van der Waals surface area contributed by atoms with Crippen LogP contribution in [-0.4, -0.2) is 41.6 Å². The van der Waals surface area contributed by atoms with Crippen molar-refractivity contribution in [2.24, 2.45) is 0 Å². The number of nitrogens with zero attached hydrogens (tertiary/aromatic N) is 3. The van der Waals surface area contributed by atoms with Gasteiger partial charge >= 0.3 is 0 Å². The van der Waals surface area contributed by atoms with Crippen LogP contribution in [0.1, 0.15) is 36.8 Å². The molecule has 1 aliphatic rings. The molecule has 1 aromatic rings. The third-order valence-corrected chi connectivity index (χ3v) is 3.50. The SMILES string of the molecule is CC(C)(C)c1cc(C(=O)N2CCOC(C#N)C2)cc(Cl)n1. The molecule has 0 spiro atoms. The molecule has 21 heavy (non-hydrogen) atoms. The van der Waals surface area contributed by atoms with Gasteiger partial charge in [-0.15, -0.1) is 0 Å². The Labute approximate surface area is 129 Å². The third kappa shape index (κ3) is 3.72. The Kier molecular flexibility index (Phi) is 4.50. The van der Waals surface area contributed by atoms with Crippen molar-refractivity contribution in [1.82, 2.24) is 9.88 Å². The number of pyridine rings is 1. The van der Waals surface area contributed by atoms with Crippen LogP contribution in [0.4, 0.5) is 0 Å². The second-order valence-corrected chi connectivity index (χ2v) is 6.44. The summed E-state index contributed by atoms with van der Waals surface area (Å²) in [4.78, 5) is 18.5. The number of morpholine rings is 1. The topological polar surface area (TPSA) is 66.2 Å². The molecule has 1 fully saturated rings. The van der Waals surface area contributed by atoms with E-state index in [2.05, 4.69) is 4.98 Å². The number of carbonyl (C=O) groups is 1. The van der Waals surface area contributed by atoms with Gasteiger partial charge in [-0.25, -0.2) is 4.98 Å². The summed E-state index contributed by atoms with van der Waals surface area (Å²) in [6, 6.07) is 5.37. The molecule has 1 aromatic heterocycles. The van der Waals surface area contributed by atoms with Gasteiger partial charge in [-0.05, 0) is 12.1 Å². The number of rotatable bonds is 1. The first-order chi connectivity index (χ1) is 9.81. The number of carbonyl (C=O) groups excluding carboxylic acids is 1. The van der Waals surface area contributed by atoms with Crippen LogP contribution >= 0.6 is 11.6 Å². The van der Waals surface area contributed by atoms with Gasteiger partial charge in [0.05, 0.1) is 19.2 Å². The second-order valence-electron chi connectivity index (χ2n) is 6.05. The molecule has 0 aliphatic carbocycles. The summed E-state index contributed by atoms with van der Waals surface area (Å²) < 4.78 is 5.25. The van der Waals surface area contributed by atoms with E-state index in [1.807, 2.05) is 26.8 Å². The average Bonchev–Trinajstić information content (AvgIpc) is 2.45. The quantitative estimate of drug-likeness (QED) is 0.747. The first-order valence-electron chi connectivity index (χ1n) is 6.80. The molecule has 112 valence electrons. The molecule has 0 radical (unpaired) electrons. The maximum atomic E-state index is 12.6. The van der Waals surface area contributed by atoms with E-state index in [4.69, 9.17) is 21.6 Å². The number of amides is 1. The summed E-state index contributed by atoms with van der Waals surface area (Å²) >= 11 is 6.04. The molecule has 2 rings (SSSR count). The van der Waals surface area contributed by atoms with Crippen molar-refractivity contribution < 1.29 is 9.53 Å². The highest BCUT2D eigenvalue weighted by molar-refractivity contribution is 6.29. The standard InChI is InChI=1S/C15H18ClN3O2/c1-15(2,3)12-6-10(7-13(16)18-12)14(20)19-4-5-21-11(8-17)9-19/h6-7,11H,4-5,9H2,1-3H3. The number of aromatic nitrogens is 1. The van der Waals surface area contributed by atoms with Crippen LogP contribution in [0.3, 0.4) is 0 Å². The van der Waals surface area contributed by atoms with Crippen molar-refractivity contribution in [2.45, 2.75) is 32.3 Å². The molecule has 1 aliphatic heterocycles. The normalized spacial score (nSPS) is 19.2. The molecule has 0 aromatic carbocycles. The zero-order valence-corrected chi connectivity index (χ0v) is 13.1. The van der Waals surface area contributed by atoms with E-state index >= 15 is 0 Å². The minimum absolute atomic E-state index is 0.145. The Bertz CT molecular complexity index is 590. The van der Waals surface area contributed by atoms with Crippen molar-refractivity contribution in [2.75, 3.05) is 19.7 Å². The number of halogens is 1. The molecule has 1 unspecified atom stereocenters. The monoisotopic (exact) mass is 307 g/mol. The molecule has 0 bridgehead atoms. The third-order valence-electron chi connectivity index (χ3n) is 3.31. The molecule has 0 N–H and O–H groups in total. The van der Waals surface area contributed by atoms with Crippen molar-refractivity contribution in [3.8, 4) is 6.07 Å². The van der Waals surface area contributed by atoms with Gasteiger partial charge in [0.2, 0.25) is 0 Å². The Hall–Kier alpha value is -1.64. The van der Waals surface area contributed by atoms with Gasteiger partial charge in [0, 0.05) is 23.2 Å². The summed E-state index contributed by atoms with van der Waals surface area (Å²) in [5.74, 6) is -0.145. The van der Waals surface area contributed by atoms with Gasteiger partial charge in [0.25, 0.3) is 5.91 Å². The Morgan fingerprint density at radius 3 is 2.86 bits per heavy atom. The first kappa shape index (κ1) is 15.7. The second kappa shape index (κ2) is 6.00. The van der Waals surface area contributed by atoms with E-state index in [-0.39, 0.29) is 17.9 Å². The number of nitriles is 1. The molecule has 0 saturated carbocycles. The van der Waals surface area contributed by atoms with Gasteiger partial charge in [0.1, 0.15) is 5.15 Å². The van der Waals surface area contributed by atoms with E-state index in [9.17, 15) is 4.79 Å². The van der Waals surface area contributed by atoms with E-state index in [0.717, 1.165) is 5.69 Å². The minimum atomic E-state index is -0.568. The van der Waals surface area contributed by atoms with Crippen molar-refractivity contribution >= 4 is 17.5 Å². The van der Waals surface area contributed by atoms with E-state index in [1.165, 1.54) is 0 Å². The molecule has 1 amide bonds. The summed E-state index contributed by atoms with van der Waals surface area (Å²) in [6.07, 6.45) is -0.568. The fraction of sp³-hybridized carbons (Fsp3) is 0.533. The van der Waals surface area contributed by atoms with Gasteiger partial charge in [-0.2, -0.15) is 5.26 Å². The van der Waals surface area contributed by atoms with Gasteiger partial charge < -0.3 is 9.64 Å². The number of ether oxygens (including phenoxy) is 1. The number of hydrogen-bond acceptors (Lipinski definition) is 4. The lowest BCUT2D eigenvalue weighted by molar-refractivity contribution is 0.00345. The van der Waals surface area contributed by atoms with E-state index in [1.54, 1.807) is 17.0 Å². The van der Waals surface area contributed by atoms with Crippen LogP contribution < -0.4 is 0 Å². The lowest BCUT2D eigenvalue weighted by Gasteiger charge is -2.30. The predicted octanol–water partition coefficient (Wildman–Crippen LogP) is 2.40. The van der Waals surface area contributed by atoms with Crippen LogP contribution in [0.2, 0.25) is 5.15 Å². The van der Waals surface area contributed by atoms with Gasteiger partial charge in [-0.1, -0.05) is 32.4 Å². The molecule has 2 heterocycles. The molecule has 1 saturated heterocycles. The van der Waals surface area contributed by atoms with Gasteiger partial charge in [-0.3, -0.25) is 4.79 Å². The fourth-order valence-corrected chi connectivity index (χ4v) is 2.31. The Balaban J connectivity index is 2.27. The molecular formula is C15H18ClN3O2. The first-order valence-corrected chi connectivity index (χ1v) is 7.17. The van der Waals surface area contributed by atoms with Crippen LogP contribution in [0.25, 0.3) is 0 Å². The van der Waals surface area contributed by atoms with Crippen LogP contribution in [0.15, 0.2) is 12.1 Å². The zero-order chi connectivity index (χ0) is 15.6. The molecule has 6 heteroatoms. The van der Waals surface area contributed by atoms with E-state index in [0.29, 0.717) is 23.9 Å². The fourth-order valence-electron chi connectivity index (χ4n) is 2.10. The minimum Gasteiger partial charge on any atom is -0.360 e. The van der Waals surface area contributed by atoms with Crippen molar-refractivity contribution in [1.29, 1.82) is 5.26 Å². The number of hydrogen-bond donors (Lipinski definition) is 0. The van der Waals surface area contributed by atoms with Crippen LogP contribution in [0, 0.1) is 11.3 Å². The lowest BCUT2D eigenvalue weighted by Crippen LogP contribution is -2.45. The molecule has 1 atom stereocenters. The largest absolute Gasteiger partial charge is 0.360 e. The van der Waals surface area contributed by atoms with Crippen LogP contribution in [-0.2, 0) is 10.2 Å². The predicted molar refractivity (Wildman–Crippen MR) is 79.2 cm³/mol. The van der Waals surface area contributed by atoms with Gasteiger partial charge in [0.15, 0.2) is 6.10 Å². The van der Waals surface area contributed by atoms with Crippen LogP contribution in [0.5, 0.6) is 0 Å². The highest BCUT2D eigenvalue weighted by Crippen LogP contribution is 2.24. The summed E-state index contributed by atoms with van der Waals surface area (Å²) in [5, 5.41) is 9.21. The summed E-state index contributed by atoms with van der Waals surface area (Å²) in [7, 11) is 0. The average molecular weight is 308 g/mol. The highest BCUT2D eigenvalue weighted by Gasteiger charge is 2.26. The Morgan fingerprint density at radius 1 is 1.52 bits per heavy atom. The van der Waals surface area contributed by atoms with Crippen molar-refractivity contribution in [3.63, 3.8) is 0 Å². The maximum absolute atomic E-state index is 12.6. The highest BCUT2D eigenvalue weighted by atomic mass is 35.5.